The fraction of sp³-hybridized carbons (Fsp3) is 0.823. The monoisotopic (exact) mass is 953 g/mol. The smallest absolute Gasteiger partial charge is 0.306 e. The molecule has 0 spiro atoms. The Bertz CT molecular complexity index is 1190. The number of unbranched alkanes of at least 4 members (excludes halogenated alkanes) is 35. The van der Waals surface area contributed by atoms with Crippen LogP contribution in [-0.4, -0.2) is 37.2 Å². The van der Waals surface area contributed by atoms with Crippen molar-refractivity contribution in [3.8, 4) is 0 Å². The van der Waals surface area contributed by atoms with Gasteiger partial charge in [-0.1, -0.05) is 256 Å². The first-order chi connectivity index (χ1) is 33.5. The van der Waals surface area contributed by atoms with Crippen molar-refractivity contribution in [2.75, 3.05) is 13.2 Å². The summed E-state index contributed by atoms with van der Waals surface area (Å²) in [6, 6.07) is 0. The van der Waals surface area contributed by atoms with Crippen LogP contribution in [0.1, 0.15) is 310 Å². The first-order valence-electron chi connectivity index (χ1n) is 29.6. The van der Waals surface area contributed by atoms with E-state index < -0.39 is 6.10 Å². The predicted octanol–water partition coefficient (Wildman–Crippen LogP) is 19.8. The molecule has 0 rings (SSSR count). The van der Waals surface area contributed by atoms with Crippen LogP contribution < -0.4 is 0 Å². The lowest BCUT2D eigenvalue weighted by Gasteiger charge is -2.18. The fourth-order valence-electron chi connectivity index (χ4n) is 8.56. The molecule has 0 aromatic heterocycles. The van der Waals surface area contributed by atoms with Crippen molar-refractivity contribution in [3.63, 3.8) is 0 Å². The Kier molecular flexibility index (Phi) is 54.8. The molecule has 1 atom stereocenters. The van der Waals surface area contributed by atoms with Crippen LogP contribution in [0.25, 0.3) is 0 Å². The number of rotatable bonds is 54. The summed E-state index contributed by atoms with van der Waals surface area (Å²) in [5.74, 6) is -0.878. The van der Waals surface area contributed by atoms with Crippen LogP contribution >= 0.6 is 0 Å². The highest BCUT2D eigenvalue weighted by Gasteiger charge is 2.19. The molecular formula is C62H112O6. The Morgan fingerprint density at radius 2 is 0.529 bits per heavy atom. The van der Waals surface area contributed by atoms with Gasteiger partial charge in [-0.25, -0.2) is 0 Å². The second-order valence-corrected chi connectivity index (χ2v) is 19.9. The summed E-state index contributed by atoms with van der Waals surface area (Å²) in [6.07, 6.45) is 69.5. The molecule has 0 amide bonds. The van der Waals surface area contributed by atoms with Gasteiger partial charge in [0, 0.05) is 19.3 Å². The van der Waals surface area contributed by atoms with Crippen molar-refractivity contribution < 1.29 is 28.6 Å². The highest BCUT2D eigenvalue weighted by molar-refractivity contribution is 5.71. The molecule has 0 aliphatic rings. The molecule has 6 heteroatoms. The second-order valence-electron chi connectivity index (χ2n) is 19.9. The van der Waals surface area contributed by atoms with Crippen molar-refractivity contribution in [2.45, 2.75) is 316 Å². The number of hydrogen-bond acceptors (Lipinski definition) is 6. The molecule has 0 aromatic carbocycles. The highest BCUT2D eigenvalue weighted by atomic mass is 16.6. The van der Waals surface area contributed by atoms with Crippen LogP contribution in [0.4, 0.5) is 0 Å². The first-order valence-corrected chi connectivity index (χ1v) is 29.6. The third-order valence-electron chi connectivity index (χ3n) is 13.1. The lowest BCUT2D eigenvalue weighted by Crippen LogP contribution is -2.30. The SMILES string of the molecule is CCCCC/C=C/C/C=C/CCCCCCCCCCCC(=O)OC[C@@H](COC(=O)CCCCCCC/C=C/C/C=C/CCCCC)OC(=O)CCCCCCCCCCCCCCCCCC. The van der Waals surface area contributed by atoms with E-state index in [-0.39, 0.29) is 31.1 Å². The molecule has 0 N–H and O–H groups in total. The van der Waals surface area contributed by atoms with Gasteiger partial charge in [0.25, 0.3) is 0 Å². The number of carbonyl (C=O) groups excluding carboxylic acids is 3. The lowest BCUT2D eigenvalue weighted by molar-refractivity contribution is -0.167. The molecular weight excluding hydrogens is 841 g/mol. The first kappa shape index (κ1) is 65.4. The summed E-state index contributed by atoms with van der Waals surface area (Å²) < 4.78 is 16.9. The molecule has 68 heavy (non-hydrogen) atoms. The molecule has 0 aliphatic heterocycles. The van der Waals surface area contributed by atoms with Gasteiger partial charge >= 0.3 is 17.9 Å². The average Bonchev–Trinajstić information content (AvgIpc) is 3.34. The standard InChI is InChI=1S/C62H112O6/c1-4-7-10-13-16-19-22-25-28-30-31-32-35-37-40-43-46-49-52-55-61(64)67-58-59(57-66-60(63)54-51-48-45-42-39-36-33-27-24-21-18-15-12-9-6-3)68-62(65)56-53-50-47-44-41-38-34-29-26-23-20-17-14-11-8-5-2/h16,18-19,21,25,27-28,33,59H,4-15,17,20,22-24,26,29-32,34-58H2,1-3H3/b19-16+,21-18+,28-25+,33-27+/t59-/m1/s1. The topological polar surface area (TPSA) is 78.9 Å². The molecule has 0 aromatic rings. The zero-order chi connectivity index (χ0) is 49.3. The van der Waals surface area contributed by atoms with E-state index in [1.807, 2.05) is 0 Å². The average molecular weight is 954 g/mol. The van der Waals surface area contributed by atoms with Crippen LogP contribution in [0, 0.1) is 0 Å². The van der Waals surface area contributed by atoms with Crippen LogP contribution in [0.3, 0.4) is 0 Å². The Morgan fingerprint density at radius 3 is 0.838 bits per heavy atom. The molecule has 0 saturated heterocycles. The zero-order valence-corrected chi connectivity index (χ0v) is 45.4. The molecule has 6 nitrogen and oxygen atoms in total. The van der Waals surface area contributed by atoms with E-state index in [0.717, 1.165) is 83.5 Å². The minimum absolute atomic E-state index is 0.0769. The Morgan fingerprint density at radius 1 is 0.294 bits per heavy atom. The van der Waals surface area contributed by atoms with E-state index in [1.54, 1.807) is 0 Å². The molecule has 0 aliphatic carbocycles. The van der Waals surface area contributed by atoms with Gasteiger partial charge in [-0.2, -0.15) is 0 Å². The zero-order valence-electron chi connectivity index (χ0n) is 45.4. The number of carbonyl (C=O) groups is 3. The summed E-state index contributed by atoms with van der Waals surface area (Å²) in [7, 11) is 0. The van der Waals surface area contributed by atoms with Crippen molar-refractivity contribution in [1.82, 2.24) is 0 Å². The molecule has 0 bridgehead atoms. The van der Waals surface area contributed by atoms with Crippen molar-refractivity contribution in [3.05, 3.63) is 48.6 Å². The number of hydrogen-bond donors (Lipinski definition) is 0. The van der Waals surface area contributed by atoms with E-state index in [2.05, 4.69) is 69.4 Å². The molecule has 0 saturated carbocycles. The van der Waals surface area contributed by atoms with Gasteiger partial charge in [-0.15, -0.1) is 0 Å². The van der Waals surface area contributed by atoms with Crippen molar-refractivity contribution in [1.29, 1.82) is 0 Å². The van der Waals surface area contributed by atoms with Crippen molar-refractivity contribution >= 4 is 17.9 Å². The van der Waals surface area contributed by atoms with Gasteiger partial charge in [0.05, 0.1) is 0 Å². The van der Waals surface area contributed by atoms with E-state index in [4.69, 9.17) is 14.2 Å². The molecule has 0 radical (unpaired) electrons. The van der Waals surface area contributed by atoms with Crippen molar-refractivity contribution in [2.24, 2.45) is 0 Å². The fourth-order valence-corrected chi connectivity index (χ4v) is 8.56. The van der Waals surface area contributed by atoms with E-state index in [9.17, 15) is 14.4 Å². The highest BCUT2D eigenvalue weighted by Crippen LogP contribution is 2.16. The minimum atomic E-state index is -0.778. The summed E-state index contributed by atoms with van der Waals surface area (Å²) in [6.45, 7) is 6.61. The van der Waals surface area contributed by atoms with Gasteiger partial charge in [-0.05, 0) is 83.5 Å². The van der Waals surface area contributed by atoms with Crippen LogP contribution in [0.5, 0.6) is 0 Å². The summed E-state index contributed by atoms with van der Waals surface area (Å²) in [4.78, 5) is 38.2. The second kappa shape index (κ2) is 57.0. The Balaban J connectivity index is 4.36. The number of allylic oxidation sites excluding steroid dienone is 8. The Hall–Kier alpha value is -2.63. The summed E-state index contributed by atoms with van der Waals surface area (Å²) >= 11 is 0. The maximum atomic E-state index is 12.9. The third kappa shape index (κ3) is 54.3. The van der Waals surface area contributed by atoms with Gasteiger partial charge in [0.1, 0.15) is 13.2 Å². The maximum absolute atomic E-state index is 12.9. The molecule has 0 fully saturated rings. The molecule has 0 unspecified atom stereocenters. The van der Waals surface area contributed by atoms with Gasteiger partial charge < -0.3 is 14.2 Å². The molecule has 396 valence electrons. The quantitative estimate of drug-likeness (QED) is 0.0262. The lowest BCUT2D eigenvalue weighted by atomic mass is 10.0. The van der Waals surface area contributed by atoms with E-state index in [0.29, 0.717) is 19.3 Å². The third-order valence-corrected chi connectivity index (χ3v) is 13.1. The normalized spacial score (nSPS) is 12.3. The predicted molar refractivity (Wildman–Crippen MR) is 293 cm³/mol. The van der Waals surface area contributed by atoms with Crippen LogP contribution in [-0.2, 0) is 28.6 Å². The van der Waals surface area contributed by atoms with E-state index in [1.165, 1.54) is 186 Å². The van der Waals surface area contributed by atoms with Gasteiger partial charge in [0.2, 0.25) is 0 Å². The number of esters is 3. The Labute approximate surface area is 422 Å². The van der Waals surface area contributed by atoms with Crippen LogP contribution in [0.15, 0.2) is 48.6 Å². The summed E-state index contributed by atoms with van der Waals surface area (Å²) in [5.41, 5.74) is 0. The molecule has 0 heterocycles. The van der Waals surface area contributed by atoms with Gasteiger partial charge in [-0.3, -0.25) is 14.4 Å². The number of ether oxygens (including phenoxy) is 3. The van der Waals surface area contributed by atoms with E-state index >= 15 is 0 Å². The summed E-state index contributed by atoms with van der Waals surface area (Å²) in [5, 5.41) is 0. The van der Waals surface area contributed by atoms with Gasteiger partial charge in [0.15, 0.2) is 6.10 Å². The largest absolute Gasteiger partial charge is 0.462 e. The maximum Gasteiger partial charge on any atom is 0.306 e. The minimum Gasteiger partial charge on any atom is -0.462 e. The van der Waals surface area contributed by atoms with Crippen LogP contribution in [0.2, 0.25) is 0 Å².